The zero-order valence-electron chi connectivity index (χ0n) is 10.2. The molecule has 0 aliphatic rings. The molecule has 20 heavy (non-hydrogen) atoms. The van der Waals surface area contributed by atoms with Crippen LogP contribution < -0.4 is 4.72 Å². The number of halogens is 1. The molecule has 0 heterocycles. The van der Waals surface area contributed by atoms with Crippen molar-refractivity contribution in [2.75, 3.05) is 0 Å². The minimum absolute atomic E-state index is 0.0701. The van der Waals surface area contributed by atoms with Crippen molar-refractivity contribution in [1.29, 1.82) is 5.26 Å². The topological polar surface area (TPSA) is 127 Å². The Morgan fingerprint density at radius 1 is 1.50 bits per heavy atom. The number of benzene rings is 1. The molecule has 1 aromatic carbocycles. The number of nitrogens with one attached hydrogen (secondary N) is 1. The lowest BCUT2D eigenvalue weighted by atomic mass is 10.2. The molecule has 0 bridgehead atoms. The Morgan fingerprint density at radius 3 is 2.50 bits per heavy atom. The van der Waals surface area contributed by atoms with Gasteiger partial charge in [0.1, 0.15) is 12.1 Å². The van der Waals surface area contributed by atoms with Crippen molar-refractivity contribution in [3.05, 3.63) is 28.8 Å². The van der Waals surface area contributed by atoms with Gasteiger partial charge in [0, 0.05) is 0 Å². The van der Waals surface area contributed by atoms with Crippen LogP contribution in [0.5, 0.6) is 0 Å². The fraction of sp³-hybridized carbons (Fsp3) is 0.273. The van der Waals surface area contributed by atoms with Gasteiger partial charge in [0.2, 0.25) is 10.0 Å². The van der Waals surface area contributed by atoms with Gasteiger partial charge >= 0.3 is 5.97 Å². The summed E-state index contributed by atoms with van der Waals surface area (Å²) in [7, 11) is -4.18. The molecule has 0 aliphatic carbocycles. The van der Waals surface area contributed by atoms with Crippen LogP contribution in [-0.2, 0) is 14.8 Å². The normalized spacial score (nSPS) is 14.3. The molecule has 1 aromatic rings. The second-order valence-electron chi connectivity index (χ2n) is 3.93. The zero-order valence-corrected chi connectivity index (χ0v) is 11.8. The Morgan fingerprint density at radius 2 is 2.10 bits per heavy atom. The van der Waals surface area contributed by atoms with Gasteiger partial charge < -0.3 is 10.2 Å². The molecule has 0 spiro atoms. The molecule has 0 amide bonds. The second-order valence-corrected chi connectivity index (χ2v) is 6.05. The summed E-state index contributed by atoms with van der Waals surface area (Å²) in [6.45, 7) is 1.15. The molecule has 0 radical (unpaired) electrons. The van der Waals surface area contributed by atoms with Crippen molar-refractivity contribution in [1.82, 2.24) is 4.72 Å². The number of rotatable bonds is 5. The predicted molar refractivity (Wildman–Crippen MR) is 69.6 cm³/mol. The average molecular weight is 319 g/mol. The number of aliphatic carboxylic acids is 1. The number of nitriles is 1. The summed E-state index contributed by atoms with van der Waals surface area (Å²) in [4.78, 5) is 10.6. The number of carboxylic acid groups (broad SMARTS) is 1. The third-order valence-corrected chi connectivity index (χ3v) is 4.15. The summed E-state index contributed by atoms with van der Waals surface area (Å²) in [5.74, 6) is -1.51. The molecule has 0 unspecified atom stereocenters. The van der Waals surface area contributed by atoms with E-state index in [1.807, 2.05) is 4.72 Å². The first-order valence-electron chi connectivity index (χ1n) is 5.32. The van der Waals surface area contributed by atoms with Crippen LogP contribution in [0.4, 0.5) is 0 Å². The molecule has 9 heteroatoms. The molecule has 2 atom stereocenters. The molecule has 0 fully saturated rings. The predicted octanol–water partition coefficient (Wildman–Crippen LogP) is 0.324. The summed E-state index contributed by atoms with van der Waals surface area (Å²) in [6.07, 6.45) is -1.42. The van der Waals surface area contributed by atoms with Crippen LogP contribution >= 0.6 is 11.6 Å². The number of hydrogen-bond acceptors (Lipinski definition) is 5. The minimum atomic E-state index is -4.18. The van der Waals surface area contributed by atoms with E-state index < -0.39 is 28.1 Å². The smallest absolute Gasteiger partial charge is 0.324 e. The Kier molecular flexibility index (Phi) is 5.08. The maximum atomic E-state index is 12.0. The SMILES string of the molecule is C[C@@H](O)[C@H](NS(=O)(=O)c1ccc(C#N)c(Cl)c1)C(=O)O. The Labute approximate surface area is 120 Å². The van der Waals surface area contributed by atoms with Crippen LogP contribution in [-0.4, -0.2) is 36.7 Å². The van der Waals surface area contributed by atoms with E-state index in [0.717, 1.165) is 19.1 Å². The highest BCUT2D eigenvalue weighted by Gasteiger charge is 2.29. The van der Waals surface area contributed by atoms with Crippen molar-refractivity contribution in [2.45, 2.75) is 24.0 Å². The van der Waals surface area contributed by atoms with Crippen LogP contribution in [0.3, 0.4) is 0 Å². The van der Waals surface area contributed by atoms with Crippen molar-refractivity contribution in [2.24, 2.45) is 0 Å². The van der Waals surface area contributed by atoms with Crippen LogP contribution in [0, 0.1) is 11.3 Å². The average Bonchev–Trinajstić information content (AvgIpc) is 2.35. The molecular formula is C11H11ClN2O5S. The van der Waals surface area contributed by atoms with Gasteiger partial charge in [-0.1, -0.05) is 11.6 Å². The lowest BCUT2D eigenvalue weighted by molar-refractivity contribution is -0.141. The van der Waals surface area contributed by atoms with Gasteiger partial charge in [-0.2, -0.15) is 9.98 Å². The van der Waals surface area contributed by atoms with Crippen molar-refractivity contribution >= 4 is 27.6 Å². The van der Waals surface area contributed by atoms with Gasteiger partial charge in [-0.25, -0.2) is 8.42 Å². The molecule has 1 rings (SSSR count). The van der Waals surface area contributed by atoms with Crippen LogP contribution in [0.1, 0.15) is 12.5 Å². The van der Waals surface area contributed by atoms with Crippen molar-refractivity contribution in [3.63, 3.8) is 0 Å². The highest BCUT2D eigenvalue weighted by molar-refractivity contribution is 7.89. The number of hydrogen-bond donors (Lipinski definition) is 3. The minimum Gasteiger partial charge on any atom is -0.480 e. The van der Waals surface area contributed by atoms with E-state index in [9.17, 15) is 18.3 Å². The molecular weight excluding hydrogens is 308 g/mol. The zero-order chi connectivity index (χ0) is 15.5. The number of carboxylic acids is 1. The third-order valence-electron chi connectivity index (χ3n) is 2.40. The summed E-state index contributed by atoms with van der Waals surface area (Å²) in [5, 5.41) is 26.7. The van der Waals surface area contributed by atoms with E-state index >= 15 is 0 Å². The summed E-state index contributed by atoms with van der Waals surface area (Å²) < 4.78 is 25.8. The standard InChI is InChI=1S/C11H11ClN2O5S/c1-6(15)10(11(16)17)14-20(18,19)8-3-2-7(5-13)9(12)4-8/h2-4,6,10,14-15H,1H3,(H,16,17)/t6-,10+/m1/s1. The maximum absolute atomic E-state index is 12.0. The van der Waals surface area contributed by atoms with Crippen molar-refractivity contribution < 1.29 is 23.4 Å². The van der Waals surface area contributed by atoms with E-state index in [2.05, 4.69) is 0 Å². The Hall–Kier alpha value is -1.66. The second kappa shape index (κ2) is 6.19. The summed E-state index contributed by atoms with van der Waals surface area (Å²) >= 11 is 5.72. The number of aliphatic hydroxyl groups excluding tert-OH is 1. The number of carbonyl (C=O) groups is 1. The molecule has 0 aromatic heterocycles. The monoisotopic (exact) mass is 318 g/mol. The molecule has 0 saturated heterocycles. The van der Waals surface area contributed by atoms with Crippen LogP contribution in [0.2, 0.25) is 5.02 Å². The lowest BCUT2D eigenvalue weighted by Gasteiger charge is -2.17. The first kappa shape index (κ1) is 16.4. The molecule has 0 aliphatic heterocycles. The highest BCUT2D eigenvalue weighted by Crippen LogP contribution is 2.20. The quantitative estimate of drug-likeness (QED) is 0.717. The largest absolute Gasteiger partial charge is 0.480 e. The van der Waals surface area contributed by atoms with Gasteiger partial charge in [0.15, 0.2) is 0 Å². The molecule has 0 saturated carbocycles. The van der Waals surface area contributed by atoms with E-state index in [-0.39, 0.29) is 15.5 Å². The maximum Gasteiger partial charge on any atom is 0.324 e. The number of aliphatic hydroxyl groups is 1. The van der Waals surface area contributed by atoms with E-state index in [4.69, 9.17) is 22.0 Å². The van der Waals surface area contributed by atoms with Gasteiger partial charge in [-0.3, -0.25) is 4.79 Å². The molecule has 7 nitrogen and oxygen atoms in total. The molecule has 108 valence electrons. The Balaban J connectivity index is 3.15. The van der Waals surface area contributed by atoms with Crippen LogP contribution in [0.25, 0.3) is 0 Å². The summed E-state index contributed by atoms with van der Waals surface area (Å²) in [6, 6.07) is 3.44. The third kappa shape index (κ3) is 3.68. The lowest BCUT2D eigenvalue weighted by Crippen LogP contribution is -2.47. The number of nitrogens with zero attached hydrogens (tertiary/aromatic N) is 1. The van der Waals surface area contributed by atoms with E-state index in [1.165, 1.54) is 6.07 Å². The fourth-order valence-corrected chi connectivity index (χ4v) is 2.92. The van der Waals surface area contributed by atoms with Gasteiger partial charge in [-0.05, 0) is 25.1 Å². The van der Waals surface area contributed by atoms with Gasteiger partial charge in [-0.15, -0.1) is 0 Å². The number of sulfonamides is 1. The molecule has 3 N–H and O–H groups in total. The van der Waals surface area contributed by atoms with Crippen molar-refractivity contribution in [3.8, 4) is 6.07 Å². The van der Waals surface area contributed by atoms with Crippen LogP contribution in [0.15, 0.2) is 23.1 Å². The van der Waals surface area contributed by atoms with E-state index in [1.54, 1.807) is 6.07 Å². The van der Waals surface area contributed by atoms with Gasteiger partial charge in [0.25, 0.3) is 0 Å². The first-order valence-corrected chi connectivity index (χ1v) is 7.18. The van der Waals surface area contributed by atoms with Gasteiger partial charge in [0.05, 0.1) is 21.6 Å². The summed E-state index contributed by atoms with van der Waals surface area (Å²) in [5.41, 5.74) is 0.0935. The highest BCUT2D eigenvalue weighted by atomic mass is 35.5. The Bertz CT molecular complexity index is 666. The fourth-order valence-electron chi connectivity index (χ4n) is 1.34. The van der Waals surface area contributed by atoms with E-state index in [0.29, 0.717) is 0 Å². The first-order chi connectivity index (χ1) is 9.19.